The van der Waals surface area contributed by atoms with Gasteiger partial charge in [0.05, 0.1) is 0 Å². The average Bonchev–Trinajstić information content (AvgIpc) is 4.06. The van der Waals surface area contributed by atoms with Gasteiger partial charge in [-0.2, -0.15) is 0 Å². The minimum atomic E-state index is -2.35. The van der Waals surface area contributed by atoms with Crippen molar-refractivity contribution in [3.63, 3.8) is 0 Å². The first kappa shape index (κ1) is 26.0. The number of benzene rings is 6. The predicted molar refractivity (Wildman–Crippen MR) is 214 cm³/mol. The van der Waals surface area contributed by atoms with Crippen molar-refractivity contribution in [2.75, 3.05) is 0 Å². The third kappa shape index (κ3) is 2.85. The van der Waals surface area contributed by atoms with Crippen LogP contribution in [0.1, 0.15) is 22.3 Å². The van der Waals surface area contributed by atoms with Gasteiger partial charge in [0.25, 0.3) is 0 Å². The van der Waals surface area contributed by atoms with E-state index in [0.717, 1.165) is 12.4 Å². The SMILES string of the molecule is [B]1B2[B-]P12(N=[P+]1B2[B-]B21)c1ccc2c(c1)B1c3c(cccc3C2(c2ccccc2)c2ccccc2)-n2c3ccccc3c3cccc1c32. The van der Waals surface area contributed by atoms with Gasteiger partial charge < -0.3 is 0 Å². The molecule has 7 aromatic rings. The molecule has 4 saturated heterocycles. The molecule has 0 bridgehead atoms. The van der Waals surface area contributed by atoms with Crippen LogP contribution in [0.5, 0.6) is 0 Å². The molecule has 0 saturated carbocycles. The Labute approximate surface area is 284 Å². The van der Waals surface area contributed by atoms with Gasteiger partial charge in [-0.15, -0.1) is 0 Å². The number of nitrogens with zero attached hydrogens (tertiary/aromatic N) is 2. The van der Waals surface area contributed by atoms with Crippen molar-refractivity contribution in [3.8, 4) is 5.69 Å². The zero-order chi connectivity index (χ0) is 31.0. The van der Waals surface area contributed by atoms with Crippen LogP contribution < -0.4 is 21.7 Å². The third-order valence-corrected chi connectivity index (χ3v) is 21.0. The molecule has 0 amide bonds. The number of fused-ring (bicyclic) bond motifs is 9. The van der Waals surface area contributed by atoms with Crippen molar-refractivity contribution in [1.29, 1.82) is 0 Å². The Morgan fingerprint density at radius 3 is 2.08 bits per heavy atom. The number of hydrogen-bond acceptors (Lipinski definition) is 1. The van der Waals surface area contributed by atoms with Gasteiger partial charge in [0.2, 0.25) is 0 Å². The average molecular weight is 633 g/mol. The monoisotopic (exact) mass is 634 g/mol. The Morgan fingerprint density at radius 2 is 1.38 bits per heavy atom. The standard InChI is InChI=1S/C37H23B7N2P2/c1-3-11-24(12-4-1)37(25-13-5-2-6-14-25)29-22-21-26(48(39-42(48)40-48)45-47-43-38-44(43)47)23-32(29)41-31-18-9-16-28-27-15-7-8-19-33(27)46(36(28)31)34-20-10-17-30(37)35(34)41/h1-23H/q-1. The van der Waals surface area contributed by atoms with Crippen molar-refractivity contribution in [3.05, 3.63) is 162 Å². The first-order valence-electron chi connectivity index (χ1n) is 17.2. The van der Waals surface area contributed by atoms with Gasteiger partial charge in [-0.05, 0) is 0 Å². The molecule has 0 atom stereocenters. The van der Waals surface area contributed by atoms with Crippen LogP contribution in [-0.2, 0) is 5.41 Å². The predicted octanol–water partition coefficient (Wildman–Crippen LogP) is 5.11. The normalized spacial score (nSPS) is 20.5. The zero-order valence-electron chi connectivity index (χ0n) is 26.1. The van der Waals surface area contributed by atoms with E-state index in [0.29, 0.717) is 6.21 Å². The van der Waals surface area contributed by atoms with Gasteiger partial charge in [0, 0.05) is 0 Å². The van der Waals surface area contributed by atoms with Gasteiger partial charge in [-0.1, -0.05) is 0 Å². The summed E-state index contributed by atoms with van der Waals surface area (Å²) in [7, 11) is 2.37. The number of hydrogen-bond donors (Lipinski definition) is 0. The minimum absolute atomic E-state index is 0.136. The molecule has 48 heavy (non-hydrogen) atoms. The van der Waals surface area contributed by atoms with Crippen molar-refractivity contribution >= 4 is 104 Å². The first-order chi connectivity index (χ1) is 23.7. The van der Waals surface area contributed by atoms with E-state index in [4.69, 9.17) is 4.52 Å². The van der Waals surface area contributed by atoms with Crippen LogP contribution in [0.2, 0.25) is 0 Å². The van der Waals surface area contributed by atoms with Crippen LogP contribution in [0.3, 0.4) is 0 Å². The first-order valence-corrected chi connectivity index (χ1v) is 21.1. The second kappa shape index (κ2) is 8.27. The molecule has 6 aliphatic rings. The summed E-state index contributed by atoms with van der Waals surface area (Å²) in [6, 6.07) is 53.4. The number of para-hydroxylation sites is 2. The maximum atomic E-state index is 5.82. The molecule has 2 nitrogen and oxygen atoms in total. The summed E-state index contributed by atoms with van der Waals surface area (Å²) in [5.74, 6) is 0. The third-order valence-electron chi connectivity index (χ3n) is 12.6. The van der Waals surface area contributed by atoms with Crippen LogP contribution in [0, 0.1) is 0 Å². The van der Waals surface area contributed by atoms with Crippen molar-refractivity contribution in [1.82, 2.24) is 4.57 Å². The maximum absolute atomic E-state index is 5.82. The molecule has 11 heteroatoms. The molecule has 1 aromatic heterocycles. The summed E-state index contributed by atoms with van der Waals surface area (Å²) >= 11 is 0. The Morgan fingerprint density at radius 1 is 0.688 bits per heavy atom. The molecule has 7 heterocycles. The molecule has 13 rings (SSSR count). The molecule has 0 N–H and O–H groups in total. The second-order valence-corrected chi connectivity index (χ2v) is 21.7. The van der Waals surface area contributed by atoms with E-state index in [1.165, 1.54) is 71.4 Å². The summed E-state index contributed by atoms with van der Waals surface area (Å²) in [4.78, 5) is 0. The molecule has 6 aliphatic heterocycles. The molecule has 5 radical (unpaired) electrons. The fraction of sp³-hybridized carbons (Fsp3) is 0.0270. The molecular weight excluding hydrogens is 610 g/mol. The molecule has 0 unspecified atom stereocenters. The molecule has 0 aliphatic carbocycles. The Balaban J connectivity index is 1.21. The van der Waals surface area contributed by atoms with Gasteiger partial charge in [-0.25, -0.2) is 0 Å². The van der Waals surface area contributed by atoms with Gasteiger partial charge in [0.1, 0.15) is 0 Å². The van der Waals surface area contributed by atoms with Crippen LogP contribution in [0.15, 0.2) is 144 Å². The molecule has 213 valence electrons. The van der Waals surface area contributed by atoms with Gasteiger partial charge in [0.15, 0.2) is 0 Å². The van der Waals surface area contributed by atoms with E-state index in [1.807, 2.05) is 0 Å². The topological polar surface area (TPSA) is 17.3 Å². The fourth-order valence-electron chi connectivity index (χ4n) is 10.0. The Kier molecular flexibility index (Phi) is 4.49. The Hall–Kier alpha value is -3.90. The van der Waals surface area contributed by atoms with E-state index in [2.05, 4.69) is 165 Å². The van der Waals surface area contributed by atoms with E-state index in [1.54, 1.807) is 0 Å². The van der Waals surface area contributed by atoms with Crippen LogP contribution in [-0.4, -0.2) is 50.8 Å². The van der Waals surface area contributed by atoms with E-state index in [9.17, 15) is 0 Å². The molecule has 0 spiro atoms. The van der Waals surface area contributed by atoms with Crippen molar-refractivity contribution in [2.24, 2.45) is 4.52 Å². The van der Waals surface area contributed by atoms with Gasteiger partial charge >= 0.3 is 286 Å². The van der Waals surface area contributed by atoms with E-state index >= 15 is 0 Å². The molecule has 6 aromatic carbocycles. The molecule has 4 fully saturated rings. The van der Waals surface area contributed by atoms with E-state index in [-0.39, 0.29) is 14.2 Å². The van der Waals surface area contributed by atoms with Crippen molar-refractivity contribution < 1.29 is 0 Å². The number of aromatic nitrogens is 1. The summed E-state index contributed by atoms with van der Waals surface area (Å²) in [6.07, 6.45) is -0.0755. The second-order valence-electron chi connectivity index (χ2n) is 14.7. The van der Waals surface area contributed by atoms with Crippen molar-refractivity contribution in [2.45, 2.75) is 5.41 Å². The zero-order valence-corrected chi connectivity index (χ0v) is 27.9. The summed E-state index contributed by atoms with van der Waals surface area (Å²) in [5, 5.41) is 4.18. The molecular formula is C37H23B7N2P2-. The number of rotatable bonds is 4. The van der Waals surface area contributed by atoms with Crippen LogP contribution in [0.4, 0.5) is 0 Å². The fourth-order valence-corrected chi connectivity index (χ4v) is 19.1. The van der Waals surface area contributed by atoms with Gasteiger partial charge in [-0.3, -0.25) is 0 Å². The van der Waals surface area contributed by atoms with Crippen LogP contribution in [0.25, 0.3) is 27.5 Å². The quantitative estimate of drug-likeness (QED) is 0.190. The van der Waals surface area contributed by atoms with Crippen LogP contribution >= 0.6 is 13.9 Å². The summed E-state index contributed by atoms with van der Waals surface area (Å²) in [5.41, 5.74) is 13.2. The van der Waals surface area contributed by atoms with E-state index < -0.39 is 11.8 Å². The summed E-state index contributed by atoms with van der Waals surface area (Å²) < 4.78 is 8.40. The summed E-state index contributed by atoms with van der Waals surface area (Å²) in [6.45, 7) is 5.44. The Bertz CT molecular complexity index is 2620.